The molecule has 1 aliphatic heterocycles. The Kier molecular flexibility index (Phi) is 6.54. The third-order valence-corrected chi connectivity index (χ3v) is 4.90. The van der Waals surface area contributed by atoms with Gasteiger partial charge < -0.3 is 9.84 Å². The van der Waals surface area contributed by atoms with E-state index in [1.807, 2.05) is 13.8 Å². The first-order valence-electron chi connectivity index (χ1n) is 9.64. The van der Waals surface area contributed by atoms with Gasteiger partial charge in [-0.2, -0.15) is 0 Å². The lowest BCUT2D eigenvalue weighted by Gasteiger charge is -2.38. The van der Waals surface area contributed by atoms with Crippen molar-refractivity contribution in [3.05, 3.63) is 35.1 Å². The summed E-state index contributed by atoms with van der Waals surface area (Å²) < 4.78 is 19.6. The van der Waals surface area contributed by atoms with Gasteiger partial charge in [0.1, 0.15) is 11.4 Å². The van der Waals surface area contributed by atoms with Crippen LogP contribution in [0.3, 0.4) is 0 Å². The second-order valence-electron chi connectivity index (χ2n) is 8.84. The molecule has 2 N–H and O–H groups in total. The number of benzene rings is 1. The molecule has 0 spiro atoms. The molecule has 8 nitrogen and oxygen atoms in total. The van der Waals surface area contributed by atoms with E-state index in [0.717, 1.165) is 23.1 Å². The Bertz CT molecular complexity index is 891. The largest absolute Gasteiger partial charge is 0.478 e. The van der Waals surface area contributed by atoms with E-state index in [-0.39, 0.29) is 41.9 Å². The lowest BCUT2D eigenvalue weighted by atomic mass is 9.84. The molecule has 0 unspecified atom stereocenters. The van der Waals surface area contributed by atoms with Crippen LogP contribution in [-0.4, -0.2) is 45.1 Å². The molecule has 2 amide bonds. The molecule has 0 bridgehead atoms. The molecular weight excluding hydrogens is 393 g/mol. The summed E-state index contributed by atoms with van der Waals surface area (Å²) in [5.41, 5.74) is -1.65. The molecule has 30 heavy (non-hydrogen) atoms. The second-order valence-corrected chi connectivity index (χ2v) is 8.84. The van der Waals surface area contributed by atoms with Crippen molar-refractivity contribution in [2.75, 3.05) is 0 Å². The zero-order valence-corrected chi connectivity index (χ0v) is 18.1. The van der Waals surface area contributed by atoms with Gasteiger partial charge in [-0.05, 0) is 51.8 Å². The molecule has 0 saturated carbocycles. The van der Waals surface area contributed by atoms with Gasteiger partial charge in [-0.1, -0.05) is 13.8 Å². The Morgan fingerprint density at radius 3 is 2.53 bits per heavy atom. The summed E-state index contributed by atoms with van der Waals surface area (Å²) in [7, 11) is 0. The average Bonchev–Trinajstić information content (AvgIpc) is 2.57. The number of nitrogens with one attached hydrogen (secondary N) is 1. The number of carboxylic acids is 1. The van der Waals surface area contributed by atoms with Gasteiger partial charge in [0.15, 0.2) is 0 Å². The molecule has 9 heteroatoms. The summed E-state index contributed by atoms with van der Waals surface area (Å²) in [6, 6.07) is 3.33. The van der Waals surface area contributed by atoms with Crippen LogP contribution in [0.5, 0.6) is 0 Å². The number of rotatable bonds is 4. The maximum absolute atomic E-state index is 14.3. The number of amides is 2. The predicted molar refractivity (Wildman–Crippen MR) is 109 cm³/mol. The van der Waals surface area contributed by atoms with Gasteiger partial charge in [0, 0.05) is 5.56 Å². The van der Waals surface area contributed by atoms with Crippen molar-refractivity contribution in [1.29, 1.82) is 0 Å². The lowest BCUT2D eigenvalue weighted by Crippen LogP contribution is -2.55. The highest BCUT2D eigenvalue weighted by Gasteiger charge is 2.40. The van der Waals surface area contributed by atoms with Crippen molar-refractivity contribution in [2.45, 2.75) is 65.6 Å². The van der Waals surface area contributed by atoms with Crippen LogP contribution in [0.4, 0.5) is 9.18 Å². The van der Waals surface area contributed by atoms with Crippen LogP contribution in [0.2, 0.25) is 0 Å². The first-order chi connectivity index (χ1) is 13.7. The van der Waals surface area contributed by atoms with Gasteiger partial charge in [0.2, 0.25) is 11.9 Å². The van der Waals surface area contributed by atoms with Crippen molar-refractivity contribution in [1.82, 2.24) is 10.2 Å². The van der Waals surface area contributed by atoms with Gasteiger partial charge >= 0.3 is 12.1 Å². The maximum Gasteiger partial charge on any atom is 0.414 e. The predicted octanol–water partition coefficient (Wildman–Crippen LogP) is 3.55. The fourth-order valence-corrected chi connectivity index (χ4v) is 2.85. The third-order valence-electron chi connectivity index (χ3n) is 4.90. The molecule has 1 aliphatic rings. The maximum atomic E-state index is 14.3. The Labute approximate surface area is 175 Å². The van der Waals surface area contributed by atoms with Crippen LogP contribution in [0, 0.1) is 11.7 Å². The number of carbonyl (C=O) groups is 3. The Balaban J connectivity index is 2.42. The number of alkyl carbamates (subject to hydrolysis) is 1. The van der Waals surface area contributed by atoms with E-state index < -0.39 is 29.0 Å². The van der Waals surface area contributed by atoms with E-state index in [1.54, 1.807) is 27.7 Å². The minimum absolute atomic E-state index is 0.00455. The fourth-order valence-electron chi connectivity index (χ4n) is 2.85. The first-order valence-corrected chi connectivity index (χ1v) is 9.64. The van der Waals surface area contributed by atoms with Gasteiger partial charge in [0.25, 0.3) is 0 Å². The van der Waals surface area contributed by atoms with Crippen LogP contribution in [0.1, 0.15) is 63.9 Å². The fraction of sp³-hybridized carbons (Fsp3) is 0.524. The quantitative estimate of drug-likeness (QED) is 0.773. The molecule has 164 valence electrons. The average molecular weight is 421 g/mol. The van der Waals surface area contributed by atoms with Crippen molar-refractivity contribution < 1.29 is 28.6 Å². The summed E-state index contributed by atoms with van der Waals surface area (Å²) in [5, 5.41) is 11.7. The molecule has 1 heterocycles. The highest BCUT2D eigenvalue weighted by Crippen LogP contribution is 2.31. The van der Waals surface area contributed by atoms with Gasteiger partial charge in [-0.15, -0.1) is 0 Å². The molecule has 0 radical (unpaired) electrons. The van der Waals surface area contributed by atoms with Crippen molar-refractivity contribution >= 4 is 23.9 Å². The number of carbonyl (C=O) groups excluding carboxylic acids is 2. The zero-order chi connectivity index (χ0) is 22.9. The third kappa shape index (κ3) is 5.55. The highest BCUT2D eigenvalue weighted by atomic mass is 19.1. The van der Waals surface area contributed by atoms with Crippen LogP contribution in [0.15, 0.2) is 23.2 Å². The molecular formula is C21H28FN3O5. The smallest absolute Gasteiger partial charge is 0.414 e. The molecule has 2 rings (SSSR count). The minimum atomic E-state index is -1.21. The molecule has 1 aromatic rings. The van der Waals surface area contributed by atoms with E-state index in [0.29, 0.717) is 0 Å². The van der Waals surface area contributed by atoms with Crippen molar-refractivity contribution in [3.8, 4) is 0 Å². The summed E-state index contributed by atoms with van der Waals surface area (Å²) in [5.74, 6) is -2.31. The monoisotopic (exact) mass is 421 g/mol. The number of aliphatic imine (C=N–C) groups is 1. The standard InChI is InChI=1S/C21H28FN3O5/c1-12(2)21(6)10-16(26)25(18(24-21)23-19(29)30-20(3,4)5)11-14-9-13(17(27)28)7-8-15(14)22/h7-9,12H,10-11H2,1-6H3,(H,27,28)(H,23,24,29)/t21-/m0/s1. The Hall–Kier alpha value is -2.97. The molecule has 0 aromatic heterocycles. The molecule has 0 saturated heterocycles. The SMILES string of the molecule is CC(C)[C@]1(C)CC(=O)N(Cc2cc(C(=O)O)ccc2F)C(NC(=O)OC(C)(C)C)=N1. The zero-order valence-electron chi connectivity index (χ0n) is 18.1. The number of aromatic carboxylic acids is 1. The van der Waals surface area contributed by atoms with Crippen LogP contribution >= 0.6 is 0 Å². The van der Waals surface area contributed by atoms with E-state index in [1.165, 1.54) is 0 Å². The number of hydrogen-bond donors (Lipinski definition) is 2. The Morgan fingerprint density at radius 1 is 1.37 bits per heavy atom. The minimum Gasteiger partial charge on any atom is -0.478 e. The van der Waals surface area contributed by atoms with Crippen molar-refractivity contribution in [3.63, 3.8) is 0 Å². The van der Waals surface area contributed by atoms with E-state index in [9.17, 15) is 18.8 Å². The highest BCUT2D eigenvalue weighted by molar-refractivity contribution is 6.05. The number of nitrogens with zero attached hydrogens (tertiary/aromatic N) is 2. The van der Waals surface area contributed by atoms with Gasteiger partial charge in [-0.3, -0.25) is 15.0 Å². The van der Waals surface area contributed by atoms with Crippen LogP contribution in [-0.2, 0) is 16.1 Å². The molecule has 0 fully saturated rings. The number of hydrogen-bond acceptors (Lipinski definition) is 5. The topological polar surface area (TPSA) is 108 Å². The van der Waals surface area contributed by atoms with Gasteiger partial charge in [0.05, 0.1) is 24.1 Å². The number of halogens is 1. The number of guanidine groups is 1. The summed E-state index contributed by atoms with van der Waals surface area (Å²) in [4.78, 5) is 42.2. The normalized spacial score (nSPS) is 19.5. The van der Waals surface area contributed by atoms with Crippen molar-refractivity contribution in [2.24, 2.45) is 10.9 Å². The molecule has 1 atom stereocenters. The van der Waals surface area contributed by atoms with Crippen LogP contribution < -0.4 is 5.32 Å². The summed E-state index contributed by atoms with van der Waals surface area (Å²) in [6.07, 6.45) is -0.739. The summed E-state index contributed by atoms with van der Waals surface area (Å²) >= 11 is 0. The number of ether oxygens (including phenoxy) is 1. The molecule has 1 aromatic carbocycles. The Morgan fingerprint density at radius 2 is 2.00 bits per heavy atom. The number of carboxylic acid groups (broad SMARTS) is 1. The molecule has 0 aliphatic carbocycles. The van der Waals surface area contributed by atoms with E-state index >= 15 is 0 Å². The first kappa shape index (κ1) is 23.3. The van der Waals surface area contributed by atoms with Gasteiger partial charge in [-0.25, -0.2) is 19.0 Å². The van der Waals surface area contributed by atoms with E-state index in [2.05, 4.69) is 10.3 Å². The van der Waals surface area contributed by atoms with E-state index in [4.69, 9.17) is 9.84 Å². The van der Waals surface area contributed by atoms with Crippen LogP contribution in [0.25, 0.3) is 0 Å². The lowest BCUT2D eigenvalue weighted by molar-refractivity contribution is -0.130. The summed E-state index contributed by atoms with van der Waals surface area (Å²) in [6.45, 7) is 10.4. The second kappa shape index (κ2) is 8.41.